The van der Waals surface area contributed by atoms with E-state index in [1.807, 2.05) is 20.8 Å². The number of carbonyl (C=O) groups excluding carboxylic acids is 1. The van der Waals surface area contributed by atoms with Crippen LogP contribution in [0, 0.1) is 11.6 Å². The Morgan fingerprint density at radius 2 is 1.88 bits per heavy atom. The zero-order chi connectivity index (χ0) is 19.5. The Labute approximate surface area is 153 Å². The van der Waals surface area contributed by atoms with Gasteiger partial charge >= 0.3 is 0 Å². The van der Waals surface area contributed by atoms with Gasteiger partial charge in [-0.2, -0.15) is 4.31 Å². The van der Waals surface area contributed by atoms with E-state index < -0.39 is 26.6 Å². The summed E-state index contributed by atoms with van der Waals surface area (Å²) in [7, 11) is -4.10. The Balaban J connectivity index is 1.97. The number of amides is 1. The third kappa shape index (κ3) is 4.99. The molecule has 26 heavy (non-hydrogen) atoms. The first-order chi connectivity index (χ1) is 12.0. The van der Waals surface area contributed by atoms with E-state index >= 15 is 0 Å². The van der Waals surface area contributed by atoms with E-state index in [-0.39, 0.29) is 31.1 Å². The molecule has 1 aromatic carbocycles. The minimum absolute atomic E-state index is 0.0840. The fourth-order valence-corrected chi connectivity index (χ4v) is 4.29. The zero-order valence-electron chi connectivity index (χ0n) is 15.3. The quantitative estimate of drug-likeness (QED) is 0.727. The summed E-state index contributed by atoms with van der Waals surface area (Å²) in [6.07, 6.45) is 0.805. The van der Waals surface area contributed by atoms with Crippen LogP contribution in [0.15, 0.2) is 23.1 Å². The average Bonchev–Trinajstić information content (AvgIpc) is 2.57. The van der Waals surface area contributed by atoms with Crippen molar-refractivity contribution in [3.63, 3.8) is 0 Å². The Morgan fingerprint density at radius 1 is 1.27 bits per heavy atom. The lowest BCUT2D eigenvalue weighted by Crippen LogP contribution is -3.16. The lowest BCUT2D eigenvalue weighted by Gasteiger charge is -2.32. The Hall–Kier alpha value is -1.58. The summed E-state index contributed by atoms with van der Waals surface area (Å²) in [5, 5.41) is 2.95. The third-order valence-electron chi connectivity index (χ3n) is 4.71. The molecule has 6 nitrogen and oxygen atoms in total. The molecule has 0 unspecified atom stereocenters. The molecule has 0 bridgehead atoms. The average molecular weight is 390 g/mol. The second kappa shape index (κ2) is 7.98. The predicted octanol–water partition coefficient (Wildman–Crippen LogP) is 0.159. The number of halogens is 2. The van der Waals surface area contributed by atoms with Gasteiger partial charge in [-0.3, -0.25) is 4.79 Å². The molecule has 0 aliphatic carbocycles. The van der Waals surface area contributed by atoms with Gasteiger partial charge in [0.15, 0.2) is 6.54 Å². The summed E-state index contributed by atoms with van der Waals surface area (Å²) >= 11 is 0. The maximum absolute atomic E-state index is 13.8. The standard InChI is InChI=1S/C17H25F2N3O3S/c1-4-17(2,3)20-16(23)12-21-7-9-22(10-8-21)26(24,25)15-11-13(18)5-6-14(15)19/h5-6,11H,4,7-10,12H2,1-3H3,(H,20,23)/p+1. The highest BCUT2D eigenvalue weighted by Crippen LogP contribution is 2.20. The first-order valence-electron chi connectivity index (χ1n) is 8.65. The van der Waals surface area contributed by atoms with Crippen LogP contribution in [0.5, 0.6) is 0 Å². The zero-order valence-corrected chi connectivity index (χ0v) is 16.1. The number of nitrogens with zero attached hydrogens (tertiary/aromatic N) is 1. The number of nitrogens with one attached hydrogen (secondary N) is 2. The van der Waals surface area contributed by atoms with Gasteiger partial charge in [-0.25, -0.2) is 17.2 Å². The Kier molecular flexibility index (Phi) is 6.36. The van der Waals surface area contributed by atoms with E-state index in [0.717, 1.165) is 27.8 Å². The molecule has 1 fully saturated rings. The summed E-state index contributed by atoms with van der Waals surface area (Å²) < 4.78 is 53.4. The van der Waals surface area contributed by atoms with Crippen molar-refractivity contribution in [2.75, 3.05) is 32.7 Å². The lowest BCUT2D eigenvalue weighted by atomic mass is 10.0. The van der Waals surface area contributed by atoms with Crippen molar-refractivity contribution in [1.29, 1.82) is 0 Å². The van der Waals surface area contributed by atoms with Crippen LogP contribution in [0.3, 0.4) is 0 Å². The summed E-state index contributed by atoms with van der Waals surface area (Å²) in [5.41, 5.74) is -0.281. The van der Waals surface area contributed by atoms with Crippen LogP contribution in [0.25, 0.3) is 0 Å². The highest BCUT2D eigenvalue weighted by molar-refractivity contribution is 7.89. The second-order valence-electron chi connectivity index (χ2n) is 7.19. The molecule has 146 valence electrons. The van der Waals surface area contributed by atoms with E-state index in [2.05, 4.69) is 5.32 Å². The summed E-state index contributed by atoms with van der Waals surface area (Å²) in [5.74, 6) is -1.86. The minimum Gasteiger partial charge on any atom is -0.346 e. The van der Waals surface area contributed by atoms with Gasteiger partial charge in [-0.15, -0.1) is 0 Å². The van der Waals surface area contributed by atoms with Gasteiger partial charge in [-0.1, -0.05) is 6.92 Å². The van der Waals surface area contributed by atoms with Gasteiger partial charge in [0.1, 0.15) is 16.5 Å². The monoisotopic (exact) mass is 390 g/mol. The van der Waals surface area contributed by atoms with Gasteiger partial charge < -0.3 is 10.2 Å². The van der Waals surface area contributed by atoms with Gasteiger partial charge in [0.2, 0.25) is 10.0 Å². The molecule has 1 amide bonds. The van der Waals surface area contributed by atoms with Crippen molar-refractivity contribution in [3.8, 4) is 0 Å². The molecular weight excluding hydrogens is 364 g/mol. The molecule has 2 rings (SSSR count). The summed E-state index contributed by atoms with van der Waals surface area (Å²) in [4.78, 5) is 12.4. The number of benzene rings is 1. The molecular formula is C17H26F2N3O3S+. The van der Waals surface area contributed by atoms with Crippen LogP contribution >= 0.6 is 0 Å². The number of quaternary nitrogens is 1. The third-order valence-corrected chi connectivity index (χ3v) is 6.63. The van der Waals surface area contributed by atoms with Crippen LogP contribution < -0.4 is 10.2 Å². The first kappa shape index (κ1) is 20.7. The molecule has 2 N–H and O–H groups in total. The van der Waals surface area contributed by atoms with Gasteiger partial charge in [0, 0.05) is 5.54 Å². The van der Waals surface area contributed by atoms with Crippen molar-refractivity contribution >= 4 is 15.9 Å². The highest BCUT2D eigenvalue weighted by atomic mass is 32.2. The summed E-state index contributed by atoms with van der Waals surface area (Å²) in [6.45, 7) is 7.28. The molecule has 1 saturated heterocycles. The van der Waals surface area contributed by atoms with Crippen LogP contribution in [0.2, 0.25) is 0 Å². The van der Waals surface area contributed by atoms with Crippen molar-refractivity contribution < 1.29 is 26.9 Å². The van der Waals surface area contributed by atoms with E-state index in [4.69, 9.17) is 0 Å². The maximum atomic E-state index is 13.8. The van der Waals surface area contributed by atoms with Crippen LogP contribution in [-0.4, -0.2) is 56.9 Å². The number of hydrogen-bond donors (Lipinski definition) is 2. The number of carbonyl (C=O) groups is 1. The molecule has 0 spiro atoms. The molecule has 1 heterocycles. The molecule has 9 heteroatoms. The van der Waals surface area contributed by atoms with E-state index in [1.165, 1.54) is 0 Å². The minimum atomic E-state index is -4.10. The number of piperazine rings is 1. The smallest absolute Gasteiger partial charge is 0.275 e. The number of rotatable bonds is 6. The van der Waals surface area contributed by atoms with Gasteiger partial charge in [0.05, 0.1) is 26.2 Å². The maximum Gasteiger partial charge on any atom is 0.275 e. The SMILES string of the molecule is CCC(C)(C)NC(=O)C[NH+]1CCN(S(=O)(=O)c2cc(F)ccc2F)CC1. The normalized spacial score (nSPS) is 17.3. The van der Waals surface area contributed by atoms with E-state index in [0.29, 0.717) is 19.2 Å². The van der Waals surface area contributed by atoms with Crippen LogP contribution in [0.1, 0.15) is 27.2 Å². The van der Waals surface area contributed by atoms with Crippen LogP contribution in [-0.2, 0) is 14.8 Å². The van der Waals surface area contributed by atoms with E-state index in [1.54, 1.807) is 0 Å². The Bertz CT molecular complexity index is 761. The molecule has 1 aliphatic rings. The molecule has 1 aromatic rings. The molecule has 0 saturated carbocycles. The van der Waals surface area contributed by atoms with Crippen molar-refractivity contribution in [2.45, 2.75) is 37.6 Å². The van der Waals surface area contributed by atoms with Crippen molar-refractivity contribution in [1.82, 2.24) is 9.62 Å². The largest absolute Gasteiger partial charge is 0.346 e. The fourth-order valence-electron chi connectivity index (χ4n) is 2.77. The molecule has 0 aromatic heterocycles. The van der Waals surface area contributed by atoms with Crippen molar-refractivity contribution in [3.05, 3.63) is 29.8 Å². The number of hydrogen-bond acceptors (Lipinski definition) is 3. The topological polar surface area (TPSA) is 70.9 Å². The second-order valence-corrected chi connectivity index (χ2v) is 9.10. The Morgan fingerprint density at radius 3 is 2.46 bits per heavy atom. The fraction of sp³-hybridized carbons (Fsp3) is 0.588. The van der Waals surface area contributed by atoms with Gasteiger partial charge in [-0.05, 0) is 38.5 Å². The summed E-state index contributed by atoms with van der Waals surface area (Å²) in [6, 6.07) is 2.39. The molecule has 0 radical (unpaired) electrons. The highest BCUT2D eigenvalue weighted by Gasteiger charge is 2.33. The number of sulfonamides is 1. The predicted molar refractivity (Wildman–Crippen MR) is 93.2 cm³/mol. The van der Waals surface area contributed by atoms with Gasteiger partial charge in [0.25, 0.3) is 5.91 Å². The van der Waals surface area contributed by atoms with E-state index in [9.17, 15) is 22.0 Å². The molecule has 1 aliphatic heterocycles. The molecule has 0 atom stereocenters. The first-order valence-corrected chi connectivity index (χ1v) is 10.1. The van der Waals surface area contributed by atoms with Crippen LogP contribution in [0.4, 0.5) is 8.78 Å². The lowest BCUT2D eigenvalue weighted by molar-refractivity contribution is -0.895. The van der Waals surface area contributed by atoms with Crippen molar-refractivity contribution in [2.24, 2.45) is 0 Å².